The largest absolute Gasteiger partial charge is 0.298 e. The summed E-state index contributed by atoms with van der Waals surface area (Å²) in [5, 5.41) is -0.347. The maximum atomic E-state index is 12.3. The topological polar surface area (TPSA) is 85.7 Å². The molecule has 2 rings (SSSR count). The molecule has 0 aliphatic rings. The fourth-order valence-electron chi connectivity index (χ4n) is 1.45. The number of rotatable bonds is 3. The van der Waals surface area contributed by atoms with Gasteiger partial charge in [0.2, 0.25) is 11.1 Å². The number of carbonyl (C=O) groups is 2. The van der Waals surface area contributed by atoms with E-state index in [0.717, 1.165) is 6.20 Å². The number of carbonyl (C=O) groups excluding carboxylic acids is 2. The average Bonchev–Trinajstić information content (AvgIpc) is 2.37. The molecule has 0 aromatic carbocycles. The summed E-state index contributed by atoms with van der Waals surface area (Å²) in [7, 11) is 0. The summed E-state index contributed by atoms with van der Waals surface area (Å²) in [4.78, 5) is 38.4. The summed E-state index contributed by atoms with van der Waals surface area (Å²) in [6, 6.07) is 0. The van der Waals surface area contributed by atoms with Gasteiger partial charge < -0.3 is 0 Å². The van der Waals surface area contributed by atoms with Crippen LogP contribution >= 0.6 is 34.8 Å². The first-order valence-electron chi connectivity index (χ1n) is 5.16. The SMILES string of the molecule is Cc1nc(Cl)c(C=O)c(C(=O)c2cnc(Cl)nc2Cl)n1. The summed E-state index contributed by atoms with van der Waals surface area (Å²) in [5.74, 6) is -0.392. The molecule has 0 amide bonds. The Labute approximate surface area is 128 Å². The van der Waals surface area contributed by atoms with Gasteiger partial charge in [-0.2, -0.15) is 0 Å². The Hall–Kier alpha value is -1.63. The van der Waals surface area contributed by atoms with E-state index in [2.05, 4.69) is 19.9 Å². The third kappa shape index (κ3) is 2.77. The quantitative estimate of drug-likeness (QED) is 0.372. The number of nitrogens with zero attached hydrogens (tertiary/aromatic N) is 4. The third-order valence-electron chi connectivity index (χ3n) is 2.30. The Morgan fingerprint density at radius 2 is 1.85 bits per heavy atom. The lowest BCUT2D eigenvalue weighted by atomic mass is 10.1. The Kier molecular flexibility index (Phi) is 4.27. The summed E-state index contributed by atoms with van der Waals surface area (Å²) in [6.07, 6.45) is 1.56. The van der Waals surface area contributed by atoms with Crippen LogP contribution in [0.25, 0.3) is 0 Å². The molecule has 0 saturated carbocycles. The van der Waals surface area contributed by atoms with Gasteiger partial charge >= 0.3 is 0 Å². The van der Waals surface area contributed by atoms with Crippen LogP contribution in [0, 0.1) is 6.92 Å². The first kappa shape index (κ1) is 14.8. The molecule has 0 radical (unpaired) electrons. The van der Waals surface area contributed by atoms with Gasteiger partial charge in [-0.3, -0.25) is 9.59 Å². The lowest BCUT2D eigenvalue weighted by molar-refractivity contribution is 0.102. The zero-order chi connectivity index (χ0) is 14.9. The summed E-state index contributed by atoms with van der Waals surface area (Å²) in [5.41, 5.74) is -0.313. The molecule has 0 aliphatic heterocycles. The minimum Gasteiger partial charge on any atom is -0.298 e. The van der Waals surface area contributed by atoms with E-state index in [0.29, 0.717) is 6.29 Å². The zero-order valence-electron chi connectivity index (χ0n) is 9.89. The lowest BCUT2D eigenvalue weighted by Crippen LogP contribution is -2.12. The predicted octanol–water partition coefficient (Wildman–Crippen LogP) is 2.58. The van der Waals surface area contributed by atoms with Crippen LogP contribution in [-0.2, 0) is 0 Å². The second-order valence-corrected chi connectivity index (χ2v) is 4.67. The van der Waals surface area contributed by atoms with E-state index < -0.39 is 5.78 Å². The fraction of sp³-hybridized carbons (Fsp3) is 0.0909. The molecule has 20 heavy (non-hydrogen) atoms. The van der Waals surface area contributed by atoms with E-state index >= 15 is 0 Å². The van der Waals surface area contributed by atoms with Crippen LogP contribution in [0.4, 0.5) is 0 Å². The standard InChI is InChI=1S/C11H5Cl3N4O2/c1-4-16-7(6(3-19)10(13)17-4)8(20)5-2-15-11(14)18-9(5)12/h2-3H,1H3. The smallest absolute Gasteiger partial charge is 0.223 e. The molecular formula is C11H5Cl3N4O2. The van der Waals surface area contributed by atoms with Crippen LogP contribution in [0.1, 0.15) is 32.2 Å². The molecule has 2 aromatic rings. The second-order valence-electron chi connectivity index (χ2n) is 3.61. The van der Waals surface area contributed by atoms with Crippen LogP contribution in [0.3, 0.4) is 0 Å². The van der Waals surface area contributed by atoms with Crippen molar-refractivity contribution < 1.29 is 9.59 Å². The van der Waals surface area contributed by atoms with Crippen LogP contribution in [0.5, 0.6) is 0 Å². The molecule has 9 heteroatoms. The van der Waals surface area contributed by atoms with E-state index in [1.807, 2.05) is 0 Å². The third-order valence-corrected chi connectivity index (χ3v) is 3.06. The average molecular weight is 332 g/mol. The first-order chi connectivity index (χ1) is 9.43. The van der Waals surface area contributed by atoms with E-state index in [9.17, 15) is 9.59 Å². The highest BCUT2D eigenvalue weighted by atomic mass is 35.5. The molecule has 0 spiro atoms. The van der Waals surface area contributed by atoms with Crippen molar-refractivity contribution in [1.29, 1.82) is 0 Å². The van der Waals surface area contributed by atoms with Gasteiger partial charge in [0, 0.05) is 6.20 Å². The van der Waals surface area contributed by atoms with Crippen molar-refractivity contribution in [2.24, 2.45) is 0 Å². The van der Waals surface area contributed by atoms with E-state index in [1.165, 1.54) is 6.92 Å². The Morgan fingerprint density at radius 1 is 1.15 bits per heavy atom. The van der Waals surface area contributed by atoms with Crippen LogP contribution in [-0.4, -0.2) is 32.0 Å². The molecule has 0 N–H and O–H groups in total. The van der Waals surface area contributed by atoms with Gasteiger partial charge in [0.1, 0.15) is 21.8 Å². The van der Waals surface area contributed by atoms with Crippen molar-refractivity contribution >= 4 is 46.9 Å². The molecule has 0 bridgehead atoms. The van der Waals surface area contributed by atoms with Gasteiger partial charge in [-0.05, 0) is 18.5 Å². The molecular weight excluding hydrogens is 327 g/mol. The summed E-state index contributed by atoms with van der Waals surface area (Å²) < 4.78 is 0. The molecule has 0 fully saturated rings. The number of aryl methyl sites for hydroxylation is 1. The Balaban J connectivity index is 2.61. The van der Waals surface area contributed by atoms with Gasteiger partial charge in [-0.15, -0.1) is 0 Å². The highest BCUT2D eigenvalue weighted by molar-refractivity contribution is 6.36. The first-order valence-corrected chi connectivity index (χ1v) is 6.29. The van der Waals surface area contributed by atoms with Crippen molar-refractivity contribution in [2.75, 3.05) is 0 Å². The molecule has 0 saturated heterocycles. The van der Waals surface area contributed by atoms with Gasteiger partial charge in [0.05, 0.1) is 11.1 Å². The van der Waals surface area contributed by atoms with Crippen molar-refractivity contribution in [1.82, 2.24) is 19.9 Å². The molecule has 2 aromatic heterocycles. The molecule has 0 atom stereocenters. The van der Waals surface area contributed by atoms with Crippen LogP contribution in [0.2, 0.25) is 15.6 Å². The maximum Gasteiger partial charge on any atom is 0.223 e. The van der Waals surface area contributed by atoms with E-state index in [4.69, 9.17) is 34.8 Å². The predicted molar refractivity (Wildman–Crippen MR) is 72.7 cm³/mol. The Morgan fingerprint density at radius 3 is 2.45 bits per heavy atom. The second kappa shape index (κ2) is 5.78. The monoisotopic (exact) mass is 330 g/mol. The van der Waals surface area contributed by atoms with Crippen molar-refractivity contribution in [2.45, 2.75) is 6.92 Å². The summed E-state index contributed by atoms with van der Waals surface area (Å²) >= 11 is 17.2. The highest BCUT2D eigenvalue weighted by Gasteiger charge is 2.22. The molecule has 0 unspecified atom stereocenters. The van der Waals surface area contributed by atoms with E-state index in [1.54, 1.807) is 0 Å². The van der Waals surface area contributed by atoms with Crippen molar-refractivity contribution in [3.63, 3.8) is 0 Å². The maximum absolute atomic E-state index is 12.3. The van der Waals surface area contributed by atoms with Crippen LogP contribution in [0.15, 0.2) is 6.20 Å². The Bertz CT molecular complexity index is 721. The molecule has 6 nitrogen and oxygen atoms in total. The molecule has 2 heterocycles. The number of aldehydes is 1. The molecule has 0 aliphatic carbocycles. The zero-order valence-corrected chi connectivity index (χ0v) is 12.2. The number of hydrogen-bond acceptors (Lipinski definition) is 6. The molecule has 102 valence electrons. The number of halogens is 3. The summed E-state index contributed by atoms with van der Waals surface area (Å²) in [6.45, 7) is 1.54. The van der Waals surface area contributed by atoms with E-state index in [-0.39, 0.29) is 38.2 Å². The van der Waals surface area contributed by atoms with Crippen LogP contribution < -0.4 is 0 Å². The van der Waals surface area contributed by atoms with Gasteiger partial charge in [0.15, 0.2) is 6.29 Å². The number of ketones is 1. The highest BCUT2D eigenvalue weighted by Crippen LogP contribution is 2.21. The van der Waals surface area contributed by atoms with Gasteiger partial charge in [-0.1, -0.05) is 23.2 Å². The van der Waals surface area contributed by atoms with Crippen molar-refractivity contribution in [3.05, 3.63) is 44.4 Å². The minimum atomic E-state index is -0.638. The van der Waals surface area contributed by atoms with Gasteiger partial charge in [-0.25, -0.2) is 19.9 Å². The normalized spacial score (nSPS) is 10.4. The lowest BCUT2D eigenvalue weighted by Gasteiger charge is -2.06. The minimum absolute atomic E-state index is 0.0340. The number of aromatic nitrogens is 4. The van der Waals surface area contributed by atoms with Gasteiger partial charge in [0.25, 0.3) is 0 Å². The fourth-order valence-corrected chi connectivity index (χ4v) is 2.09. The van der Waals surface area contributed by atoms with Crippen molar-refractivity contribution in [3.8, 4) is 0 Å². The number of hydrogen-bond donors (Lipinski definition) is 0.